The zero-order chi connectivity index (χ0) is 17.9. The van der Waals surface area contributed by atoms with Gasteiger partial charge in [-0.15, -0.1) is 0 Å². The first-order chi connectivity index (χ1) is 12.8. The fraction of sp³-hybridized carbons (Fsp3) is 0.167. The Balaban J connectivity index is 1.59. The Morgan fingerprint density at radius 2 is 2.12 bits per heavy atom. The van der Waals surface area contributed by atoms with E-state index in [1.54, 1.807) is 18.5 Å². The van der Waals surface area contributed by atoms with Gasteiger partial charge in [0.1, 0.15) is 11.3 Å². The van der Waals surface area contributed by atoms with Crippen LogP contribution < -0.4 is 5.32 Å². The molecule has 0 bridgehead atoms. The summed E-state index contributed by atoms with van der Waals surface area (Å²) in [5.74, 6) is 0.576. The van der Waals surface area contributed by atoms with Crippen LogP contribution in [0.15, 0.2) is 60.4 Å². The van der Waals surface area contributed by atoms with Gasteiger partial charge in [0.25, 0.3) is 0 Å². The molecule has 0 spiro atoms. The molecule has 0 saturated carbocycles. The second kappa shape index (κ2) is 6.75. The van der Waals surface area contributed by atoms with Crippen LogP contribution in [0.1, 0.15) is 12.5 Å². The Labute approximate surface area is 150 Å². The van der Waals surface area contributed by atoms with Crippen LogP contribution >= 0.6 is 0 Å². The zero-order valence-corrected chi connectivity index (χ0v) is 14.3. The summed E-state index contributed by atoms with van der Waals surface area (Å²) in [6.45, 7) is 3.42. The summed E-state index contributed by atoms with van der Waals surface area (Å²) in [4.78, 5) is 8.87. The maximum Gasteiger partial charge on any atom is 0.154 e. The van der Waals surface area contributed by atoms with Gasteiger partial charge >= 0.3 is 0 Å². The van der Waals surface area contributed by atoms with Gasteiger partial charge in [0.15, 0.2) is 5.82 Å². The number of pyridine rings is 2. The number of rotatable bonds is 6. The van der Waals surface area contributed by atoms with Crippen LogP contribution in [-0.4, -0.2) is 24.1 Å². The molecule has 0 aliphatic rings. The van der Waals surface area contributed by atoms with Crippen LogP contribution in [-0.2, 0) is 13.1 Å². The lowest BCUT2D eigenvalue weighted by atomic mass is 10.2. The molecular formula is C18H18N8. The zero-order valence-electron chi connectivity index (χ0n) is 14.3. The van der Waals surface area contributed by atoms with E-state index in [0.717, 1.165) is 29.0 Å². The van der Waals surface area contributed by atoms with Gasteiger partial charge in [-0.05, 0) is 30.7 Å². The Kier molecular flexibility index (Phi) is 4.14. The minimum absolute atomic E-state index is 0.500. The first-order valence-electron chi connectivity index (χ1n) is 8.33. The van der Waals surface area contributed by atoms with Crippen molar-refractivity contribution < 1.29 is 0 Å². The van der Waals surface area contributed by atoms with Crippen molar-refractivity contribution in [3.63, 3.8) is 0 Å². The van der Waals surface area contributed by atoms with E-state index < -0.39 is 0 Å². The van der Waals surface area contributed by atoms with Gasteiger partial charge in [-0.1, -0.05) is 6.07 Å². The number of aryl methyl sites for hydroxylation is 1. The molecule has 0 fully saturated rings. The van der Waals surface area contributed by atoms with Gasteiger partial charge in [0, 0.05) is 43.4 Å². The Hall–Kier alpha value is -3.55. The quantitative estimate of drug-likeness (QED) is 0.518. The van der Waals surface area contributed by atoms with E-state index in [-0.39, 0.29) is 0 Å². The number of hydrogen-bond donors (Lipinski definition) is 2. The van der Waals surface area contributed by atoms with Crippen molar-refractivity contribution in [2.45, 2.75) is 20.0 Å². The van der Waals surface area contributed by atoms with E-state index in [4.69, 9.17) is 5.53 Å². The van der Waals surface area contributed by atoms with Crippen molar-refractivity contribution in [3.8, 4) is 11.3 Å². The molecule has 0 aliphatic heterocycles. The van der Waals surface area contributed by atoms with Gasteiger partial charge in [0.05, 0.1) is 11.9 Å². The normalized spacial score (nSPS) is 11.0. The lowest BCUT2D eigenvalue weighted by molar-refractivity contribution is 0.660. The van der Waals surface area contributed by atoms with Crippen LogP contribution in [0.5, 0.6) is 0 Å². The van der Waals surface area contributed by atoms with Crippen molar-refractivity contribution in [2.75, 3.05) is 5.32 Å². The Bertz CT molecular complexity index is 1060. The average molecular weight is 346 g/mol. The van der Waals surface area contributed by atoms with E-state index in [9.17, 15) is 0 Å². The molecule has 4 rings (SSSR count). The summed E-state index contributed by atoms with van der Waals surface area (Å²) >= 11 is 0. The molecule has 0 aliphatic carbocycles. The van der Waals surface area contributed by atoms with E-state index in [1.165, 1.54) is 0 Å². The Morgan fingerprint density at radius 3 is 2.92 bits per heavy atom. The molecule has 0 unspecified atom stereocenters. The SMILES string of the molecule is CCn1cc(-c2ccc(N=N)c(NCc3ccc4nccn4c3)n2)cn1. The monoisotopic (exact) mass is 346 g/mol. The summed E-state index contributed by atoms with van der Waals surface area (Å²) in [5.41, 5.74) is 11.6. The molecule has 4 heterocycles. The summed E-state index contributed by atoms with van der Waals surface area (Å²) in [7, 11) is 0. The second-order valence-electron chi connectivity index (χ2n) is 5.84. The first-order valence-corrected chi connectivity index (χ1v) is 8.33. The molecule has 8 nitrogen and oxygen atoms in total. The summed E-state index contributed by atoms with van der Waals surface area (Å²) in [6, 6.07) is 7.63. The highest BCUT2D eigenvalue weighted by Crippen LogP contribution is 2.27. The van der Waals surface area contributed by atoms with E-state index in [1.807, 2.05) is 52.8 Å². The predicted molar refractivity (Wildman–Crippen MR) is 98.5 cm³/mol. The van der Waals surface area contributed by atoms with Crippen LogP contribution in [0.25, 0.3) is 16.9 Å². The fourth-order valence-corrected chi connectivity index (χ4v) is 2.76. The smallest absolute Gasteiger partial charge is 0.154 e. The predicted octanol–water partition coefficient (Wildman–Crippen LogP) is 3.89. The number of fused-ring (bicyclic) bond motifs is 1. The molecular weight excluding hydrogens is 328 g/mol. The molecule has 4 aromatic rings. The third-order valence-electron chi connectivity index (χ3n) is 4.16. The highest BCUT2D eigenvalue weighted by atomic mass is 15.3. The molecule has 8 heteroatoms. The highest BCUT2D eigenvalue weighted by Gasteiger charge is 2.09. The molecule has 0 atom stereocenters. The van der Waals surface area contributed by atoms with Crippen molar-refractivity contribution >= 4 is 17.2 Å². The van der Waals surface area contributed by atoms with Crippen LogP contribution in [0, 0.1) is 5.53 Å². The largest absolute Gasteiger partial charge is 0.364 e. The standard InChI is InChI=1S/C18H18N8/c1-2-26-12-14(10-22-26)15-4-5-16(24-19)18(23-15)21-9-13-3-6-17-20-7-8-25(17)11-13/h3-8,10-12,19H,2,9H2,1H3,(H,21,23). The van der Waals surface area contributed by atoms with E-state index in [0.29, 0.717) is 18.1 Å². The molecule has 0 radical (unpaired) electrons. The third kappa shape index (κ3) is 3.04. The first kappa shape index (κ1) is 15.9. The molecule has 130 valence electrons. The van der Waals surface area contributed by atoms with E-state index >= 15 is 0 Å². The summed E-state index contributed by atoms with van der Waals surface area (Å²) in [5, 5.41) is 11.1. The van der Waals surface area contributed by atoms with Crippen LogP contribution in [0.3, 0.4) is 0 Å². The number of imidazole rings is 1. The average Bonchev–Trinajstić information content (AvgIpc) is 3.34. The van der Waals surface area contributed by atoms with Crippen molar-refractivity contribution in [1.82, 2.24) is 24.1 Å². The highest BCUT2D eigenvalue weighted by molar-refractivity contribution is 5.67. The molecule has 26 heavy (non-hydrogen) atoms. The van der Waals surface area contributed by atoms with E-state index in [2.05, 4.69) is 25.5 Å². The summed E-state index contributed by atoms with van der Waals surface area (Å²) < 4.78 is 3.82. The van der Waals surface area contributed by atoms with Gasteiger partial charge in [-0.25, -0.2) is 15.5 Å². The maximum atomic E-state index is 7.38. The number of nitrogens with zero attached hydrogens (tertiary/aromatic N) is 6. The molecule has 0 amide bonds. The number of nitrogens with one attached hydrogen (secondary N) is 2. The number of aromatic nitrogens is 5. The van der Waals surface area contributed by atoms with Gasteiger partial charge in [0.2, 0.25) is 0 Å². The van der Waals surface area contributed by atoms with Crippen LogP contribution in [0.4, 0.5) is 11.5 Å². The van der Waals surface area contributed by atoms with Crippen molar-refractivity contribution in [2.24, 2.45) is 5.11 Å². The lowest BCUT2D eigenvalue weighted by Crippen LogP contribution is -2.03. The van der Waals surface area contributed by atoms with Crippen molar-refractivity contribution in [1.29, 1.82) is 5.53 Å². The maximum absolute atomic E-state index is 7.38. The van der Waals surface area contributed by atoms with Gasteiger partial charge in [-0.3, -0.25) is 4.68 Å². The lowest BCUT2D eigenvalue weighted by Gasteiger charge is -2.10. The third-order valence-corrected chi connectivity index (χ3v) is 4.16. The number of hydrogen-bond acceptors (Lipinski definition) is 6. The van der Waals surface area contributed by atoms with Gasteiger partial charge < -0.3 is 9.72 Å². The fourth-order valence-electron chi connectivity index (χ4n) is 2.76. The molecule has 0 aromatic carbocycles. The Morgan fingerprint density at radius 1 is 1.19 bits per heavy atom. The van der Waals surface area contributed by atoms with Crippen LogP contribution in [0.2, 0.25) is 0 Å². The van der Waals surface area contributed by atoms with Gasteiger partial charge in [-0.2, -0.15) is 10.2 Å². The number of anilines is 1. The minimum atomic E-state index is 0.500. The van der Waals surface area contributed by atoms with Crippen molar-refractivity contribution in [3.05, 3.63) is 60.8 Å². The molecule has 0 saturated heterocycles. The second-order valence-corrected chi connectivity index (χ2v) is 5.84. The topological polar surface area (TPSA) is 96.2 Å². The summed E-state index contributed by atoms with van der Waals surface area (Å²) in [6.07, 6.45) is 9.44. The minimum Gasteiger partial charge on any atom is -0.364 e. The molecule has 4 aromatic heterocycles. The molecule has 2 N–H and O–H groups in total.